The van der Waals surface area contributed by atoms with Crippen LogP contribution in [0.1, 0.15) is 13.3 Å². The minimum absolute atomic E-state index is 0.0208. The second-order valence-corrected chi connectivity index (χ2v) is 7.34. The van der Waals surface area contributed by atoms with Gasteiger partial charge in [0.25, 0.3) is 0 Å². The highest BCUT2D eigenvalue weighted by molar-refractivity contribution is 7.91. The molecule has 0 saturated carbocycles. The third-order valence-electron chi connectivity index (χ3n) is 3.53. The summed E-state index contributed by atoms with van der Waals surface area (Å²) in [5, 5.41) is 2.32. The maximum absolute atomic E-state index is 13.1. The van der Waals surface area contributed by atoms with Gasteiger partial charge in [-0.3, -0.25) is 9.59 Å². The van der Waals surface area contributed by atoms with Crippen molar-refractivity contribution in [2.45, 2.75) is 19.4 Å². The van der Waals surface area contributed by atoms with Crippen molar-refractivity contribution in [2.24, 2.45) is 0 Å². The van der Waals surface area contributed by atoms with Gasteiger partial charge in [-0.05, 0) is 31.5 Å². The second-order valence-electron chi connectivity index (χ2n) is 5.11. The number of halogens is 1. The van der Waals surface area contributed by atoms with Crippen LogP contribution in [-0.4, -0.2) is 49.2 Å². The van der Waals surface area contributed by atoms with Gasteiger partial charge in [-0.25, -0.2) is 12.8 Å². The fraction of sp³-hybridized carbons (Fsp3) is 0.429. The largest absolute Gasteiger partial charge is 0.331 e. The molecular weight excluding hydrogens is 311 g/mol. The van der Waals surface area contributed by atoms with Gasteiger partial charge in [-0.1, -0.05) is 6.07 Å². The minimum atomic E-state index is -3.15. The molecule has 22 heavy (non-hydrogen) atoms. The van der Waals surface area contributed by atoms with Crippen molar-refractivity contribution in [1.29, 1.82) is 0 Å². The van der Waals surface area contributed by atoms with E-state index in [-0.39, 0.29) is 23.7 Å². The van der Waals surface area contributed by atoms with E-state index in [2.05, 4.69) is 5.32 Å². The zero-order valence-electron chi connectivity index (χ0n) is 12.1. The summed E-state index contributed by atoms with van der Waals surface area (Å²) >= 11 is 0. The summed E-state index contributed by atoms with van der Waals surface area (Å²) in [6.45, 7) is 1.91. The Hall–Kier alpha value is -1.96. The molecule has 8 heteroatoms. The Labute approximate surface area is 128 Å². The number of rotatable bonds is 3. The van der Waals surface area contributed by atoms with Gasteiger partial charge in [0.05, 0.1) is 11.5 Å². The average molecular weight is 328 g/mol. The summed E-state index contributed by atoms with van der Waals surface area (Å²) in [6.07, 6.45) is 0.329. The zero-order valence-corrected chi connectivity index (χ0v) is 12.9. The van der Waals surface area contributed by atoms with E-state index in [4.69, 9.17) is 0 Å². The number of sulfone groups is 1. The van der Waals surface area contributed by atoms with Crippen molar-refractivity contribution in [3.05, 3.63) is 30.1 Å². The molecule has 0 bridgehead atoms. The number of carbonyl (C=O) groups excluding carboxylic acids is 2. The van der Waals surface area contributed by atoms with Gasteiger partial charge in [-0.2, -0.15) is 0 Å². The van der Waals surface area contributed by atoms with Gasteiger partial charge in [-0.15, -0.1) is 0 Å². The molecule has 0 aliphatic carbocycles. The molecule has 1 aromatic rings. The van der Waals surface area contributed by atoms with Crippen LogP contribution in [0.15, 0.2) is 24.3 Å². The Bertz CT molecular complexity index is 690. The number of nitrogens with one attached hydrogen (secondary N) is 1. The van der Waals surface area contributed by atoms with E-state index in [1.54, 1.807) is 6.92 Å². The van der Waals surface area contributed by atoms with Crippen molar-refractivity contribution in [3.8, 4) is 0 Å². The minimum Gasteiger partial charge on any atom is -0.331 e. The lowest BCUT2D eigenvalue weighted by atomic mass is 10.2. The van der Waals surface area contributed by atoms with E-state index < -0.39 is 33.5 Å². The first kappa shape index (κ1) is 16.4. The zero-order chi connectivity index (χ0) is 16.3. The molecule has 0 spiro atoms. The van der Waals surface area contributed by atoms with Crippen molar-refractivity contribution in [2.75, 3.05) is 23.4 Å². The van der Waals surface area contributed by atoms with Gasteiger partial charge in [0.1, 0.15) is 5.82 Å². The molecule has 0 aromatic heterocycles. The SMILES string of the molecule is CCN(C(=O)C(=O)Nc1cccc(F)c1)C1CCS(=O)(=O)C1. The van der Waals surface area contributed by atoms with Crippen LogP contribution in [-0.2, 0) is 19.4 Å². The first-order valence-electron chi connectivity index (χ1n) is 6.90. The number of nitrogens with zero attached hydrogens (tertiary/aromatic N) is 1. The predicted octanol–water partition coefficient (Wildman–Crippen LogP) is 0.800. The summed E-state index contributed by atoms with van der Waals surface area (Å²) in [5.41, 5.74) is 0.174. The Morgan fingerprint density at radius 1 is 1.41 bits per heavy atom. The molecule has 1 aliphatic heterocycles. The monoisotopic (exact) mass is 328 g/mol. The second kappa shape index (κ2) is 6.43. The molecule has 1 fully saturated rings. The van der Waals surface area contributed by atoms with Crippen molar-refractivity contribution in [1.82, 2.24) is 4.90 Å². The smallest absolute Gasteiger partial charge is 0.313 e. The first-order chi connectivity index (χ1) is 10.3. The lowest BCUT2D eigenvalue weighted by Crippen LogP contribution is -2.46. The van der Waals surface area contributed by atoms with Gasteiger partial charge in [0.2, 0.25) is 0 Å². The predicted molar refractivity (Wildman–Crippen MR) is 79.5 cm³/mol. The summed E-state index contributed by atoms with van der Waals surface area (Å²) < 4.78 is 36.1. The van der Waals surface area contributed by atoms with Crippen LogP contribution in [0.25, 0.3) is 0 Å². The molecule has 2 rings (SSSR count). The fourth-order valence-electron chi connectivity index (χ4n) is 2.47. The summed E-state index contributed by atoms with van der Waals surface area (Å²) in [7, 11) is -3.15. The molecule has 1 aromatic carbocycles. The Morgan fingerprint density at radius 3 is 2.68 bits per heavy atom. The Kier molecular flexibility index (Phi) is 4.80. The highest BCUT2D eigenvalue weighted by atomic mass is 32.2. The van der Waals surface area contributed by atoms with Crippen molar-refractivity contribution < 1.29 is 22.4 Å². The Balaban J connectivity index is 2.06. The maximum Gasteiger partial charge on any atom is 0.313 e. The van der Waals surface area contributed by atoms with Crippen LogP contribution in [0, 0.1) is 5.82 Å². The lowest BCUT2D eigenvalue weighted by Gasteiger charge is -2.26. The van der Waals surface area contributed by atoms with Gasteiger partial charge in [0, 0.05) is 18.3 Å². The number of likely N-dealkylation sites (N-methyl/N-ethyl adjacent to an activating group) is 1. The fourth-order valence-corrected chi connectivity index (χ4v) is 4.20. The standard InChI is InChI=1S/C14H17FN2O4S/c1-2-17(12-6-7-22(20,21)9-12)14(19)13(18)16-11-5-3-4-10(15)8-11/h3-5,8,12H,2,6-7,9H2,1H3,(H,16,18). The first-order valence-corrected chi connectivity index (χ1v) is 8.72. The summed E-state index contributed by atoms with van der Waals surface area (Å²) in [4.78, 5) is 25.4. The van der Waals surface area contributed by atoms with E-state index in [0.717, 1.165) is 6.07 Å². The summed E-state index contributed by atoms with van der Waals surface area (Å²) in [5.74, 6) is -2.35. The highest BCUT2D eigenvalue weighted by Gasteiger charge is 2.35. The molecule has 0 radical (unpaired) electrons. The lowest BCUT2D eigenvalue weighted by molar-refractivity contribution is -0.144. The van der Waals surface area contributed by atoms with E-state index in [1.165, 1.54) is 23.1 Å². The topological polar surface area (TPSA) is 83.6 Å². The molecule has 1 aliphatic rings. The van der Waals surface area contributed by atoms with Crippen molar-refractivity contribution in [3.63, 3.8) is 0 Å². The van der Waals surface area contributed by atoms with Gasteiger partial charge in [0.15, 0.2) is 9.84 Å². The molecule has 2 amide bonds. The van der Waals surface area contributed by atoms with Crippen LogP contribution < -0.4 is 5.32 Å². The van der Waals surface area contributed by atoms with Crippen LogP contribution in [0.2, 0.25) is 0 Å². The highest BCUT2D eigenvalue weighted by Crippen LogP contribution is 2.18. The molecular formula is C14H17FN2O4S. The van der Waals surface area contributed by atoms with Gasteiger partial charge >= 0.3 is 11.8 Å². The quantitative estimate of drug-likeness (QED) is 0.832. The molecule has 6 nitrogen and oxygen atoms in total. The third-order valence-corrected chi connectivity index (χ3v) is 5.28. The molecule has 1 heterocycles. The molecule has 1 unspecified atom stereocenters. The van der Waals surface area contributed by atoms with E-state index in [0.29, 0.717) is 6.42 Å². The molecule has 1 N–H and O–H groups in total. The molecule has 120 valence electrons. The maximum atomic E-state index is 13.1. The van der Waals surface area contributed by atoms with Crippen LogP contribution >= 0.6 is 0 Å². The van der Waals surface area contributed by atoms with E-state index in [9.17, 15) is 22.4 Å². The molecule has 1 atom stereocenters. The van der Waals surface area contributed by atoms with Crippen LogP contribution in [0.5, 0.6) is 0 Å². The van der Waals surface area contributed by atoms with E-state index >= 15 is 0 Å². The van der Waals surface area contributed by atoms with Crippen LogP contribution in [0.3, 0.4) is 0 Å². The number of anilines is 1. The Morgan fingerprint density at radius 2 is 2.14 bits per heavy atom. The molecule has 1 saturated heterocycles. The number of carbonyl (C=O) groups is 2. The summed E-state index contributed by atoms with van der Waals surface area (Å²) in [6, 6.07) is 4.71. The average Bonchev–Trinajstić information content (AvgIpc) is 2.79. The van der Waals surface area contributed by atoms with E-state index in [1.807, 2.05) is 0 Å². The number of amides is 2. The number of benzene rings is 1. The number of hydrogen-bond acceptors (Lipinski definition) is 4. The van der Waals surface area contributed by atoms with Crippen molar-refractivity contribution >= 4 is 27.3 Å². The third kappa shape index (κ3) is 3.82. The number of hydrogen-bond donors (Lipinski definition) is 1. The van der Waals surface area contributed by atoms with Crippen LogP contribution in [0.4, 0.5) is 10.1 Å². The normalized spacial score (nSPS) is 19.6. The van der Waals surface area contributed by atoms with Gasteiger partial charge < -0.3 is 10.2 Å².